The van der Waals surface area contributed by atoms with Crippen LogP contribution in [0.2, 0.25) is 22.4 Å². The van der Waals surface area contributed by atoms with Gasteiger partial charge in [0.1, 0.15) is 34.5 Å². The second-order valence-electron chi connectivity index (χ2n) is 17.7. The summed E-state index contributed by atoms with van der Waals surface area (Å²) in [4.78, 5) is 0. The van der Waals surface area contributed by atoms with Gasteiger partial charge in [0, 0.05) is 5.82 Å². The first kappa shape index (κ1) is 44.8. The van der Waals surface area contributed by atoms with Crippen molar-refractivity contribution in [1.82, 2.24) is 0 Å². The van der Waals surface area contributed by atoms with Gasteiger partial charge in [0.25, 0.3) is 0 Å². The zero-order valence-corrected chi connectivity index (χ0v) is 36.8. The Hall–Kier alpha value is -3.77. The molecule has 12 heteroatoms. The molecule has 0 unspecified atom stereocenters. The van der Waals surface area contributed by atoms with Gasteiger partial charge in [-0.2, -0.15) is 0 Å². The van der Waals surface area contributed by atoms with Gasteiger partial charge in [0.15, 0.2) is 0 Å². The third-order valence-electron chi connectivity index (χ3n) is 12.8. The van der Waals surface area contributed by atoms with Crippen LogP contribution in [0, 0.1) is 23.3 Å². The van der Waals surface area contributed by atoms with Crippen molar-refractivity contribution in [2.45, 2.75) is 120 Å². The average Bonchev–Trinajstić information content (AvgIpc) is 3.64. The molecule has 0 bridgehead atoms. The molecule has 2 fully saturated rings. The van der Waals surface area contributed by atoms with E-state index in [1.807, 2.05) is 39.7 Å². The zero-order chi connectivity index (χ0) is 43.1. The summed E-state index contributed by atoms with van der Waals surface area (Å²) in [6, 6.07) is 23.3. The Balaban J connectivity index is 1.68. The van der Waals surface area contributed by atoms with Crippen LogP contribution < -0.4 is 0 Å². The third kappa shape index (κ3) is 7.97. The molecule has 2 atom stereocenters. The van der Waals surface area contributed by atoms with Gasteiger partial charge < -0.3 is 23.0 Å². The number of rotatable bonds is 14. The Morgan fingerprint density at radius 1 is 0.542 bits per heavy atom. The van der Waals surface area contributed by atoms with Gasteiger partial charge >= 0.3 is 14.2 Å². The minimum absolute atomic E-state index is 0.207. The summed E-state index contributed by atoms with van der Waals surface area (Å²) in [5.41, 5.74) is -2.32. The molecule has 0 aromatic heterocycles. The molecular weight excluding hydrogens is 770 g/mol. The van der Waals surface area contributed by atoms with Gasteiger partial charge in [-0.25, -0.2) is 17.6 Å². The Morgan fingerprint density at radius 2 is 0.847 bits per heavy atom. The summed E-state index contributed by atoms with van der Waals surface area (Å²) in [6.45, 7) is 25.4. The molecule has 0 amide bonds. The molecule has 4 aromatic carbocycles. The first-order chi connectivity index (χ1) is 27.7. The van der Waals surface area contributed by atoms with E-state index in [2.05, 4.69) is 48.1 Å². The van der Waals surface area contributed by atoms with E-state index in [4.69, 9.17) is 23.0 Å². The number of halogens is 4. The van der Waals surface area contributed by atoms with Gasteiger partial charge in [-0.15, -0.1) is 6.58 Å². The SMILES string of the molecule is C=C[C@H](O[Si](C(C)C)(C(C)C)C(C)C)[C@@H](/C=C/B1OC(C)(C)C(C)(C)O1)B1OC(c2ccc(F)cc2)(c2ccc(F)cc2)C(c2ccc(F)cc2)(c2ccc(F)cc2)O1. The van der Waals surface area contributed by atoms with Crippen LogP contribution in [-0.4, -0.2) is 39.9 Å². The molecule has 4 aromatic rings. The van der Waals surface area contributed by atoms with Gasteiger partial charge in [-0.3, -0.25) is 0 Å². The Morgan fingerprint density at radius 3 is 1.12 bits per heavy atom. The molecule has 0 radical (unpaired) electrons. The molecule has 2 heterocycles. The largest absolute Gasteiger partial charge is 0.486 e. The lowest BCUT2D eigenvalue weighted by Crippen LogP contribution is -2.51. The van der Waals surface area contributed by atoms with Gasteiger partial charge in [0.2, 0.25) is 8.32 Å². The van der Waals surface area contributed by atoms with Crippen molar-refractivity contribution in [2.24, 2.45) is 0 Å². The predicted molar refractivity (Wildman–Crippen MR) is 230 cm³/mol. The van der Waals surface area contributed by atoms with Crippen molar-refractivity contribution < 1.29 is 40.6 Å². The molecule has 0 N–H and O–H groups in total. The fraction of sp³-hybridized carbons (Fsp3) is 0.404. The lowest BCUT2D eigenvalue weighted by Gasteiger charge is -2.46. The maximum atomic E-state index is 14.9. The Labute approximate surface area is 349 Å². The first-order valence-corrected chi connectivity index (χ1v) is 22.6. The van der Waals surface area contributed by atoms with Crippen molar-refractivity contribution in [3.8, 4) is 0 Å². The van der Waals surface area contributed by atoms with Crippen molar-refractivity contribution >= 4 is 22.6 Å². The van der Waals surface area contributed by atoms with Crippen LogP contribution in [0.5, 0.6) is 0 Å². The van der Waals surface area contributed by atoms with E-state index in [1.54, 1.807) is 54.6 Å². The Kier molecular flexibility index (Phi) is 12.9. The molecule has 2 saturated heterocycles. The van der Waals surface area contributed by atoms with E-state index >= 15 is 0 Å². The molecule has 0 spiro atoms. The van der Waals surface area contributed by atoms with Crippen LogP contribution in [0.3, 0.4) is 0 Å². The maximum Gasteiger partial charge on any atom is 0.486 e. The Bertz CT molecular complexity index is 1860. The van der Waals surface area contributed by atoms with E-state index in [1.165, 1.54) is 48.5 Å². The normalized spacial score (nSPS) is 19.6. The van der Waals surface area contributed by atoms with Gasteiger partial charge in [-0.05, 0) is 115 Å². The molecule has 59 heavy (non-hydrogen) atoms. The van der Waals surface area contributed by atoms with E-state index < -0.39 is 80.1 Å². The molecule has 6 rings (SSSR count). The molecule has 312 valence electrons. The van der Waals surface area contributed by atoms with Crippen LogP contribution in [0.4, 0.5) is 17.6 Å². The van der Waals surface area contributed by atoms with E-state index in [-0.39, 0.29) is 16.6 Å². The lowest BCUT2D eigenvalue weighted by atomic mass is 9.66. The van der Waals surface area contributed by atoms with Crippen LogP contribution >= 0.6 is 0 Å². The highest BCUT2D eigenvalue weighted by Gasteiger charge is 2.67. The maximum absolute atomic E-state index is 14.9. The molecule has 0 saturated carbocycles. The summed E-state index contributed by atoms with van der Waals surface area (Å²) in [6.07, 6.45) is 2.99. The topological polar surface area (TPSA) is 46.2 Å². The lowest BCUT2D eigenvalue weighted by molar-refractivity contribution is 0.00351. The molecule has 2 aliphatic heterocycles. The smallest absolute Gasteiger partial charge is 0.410 e. The predicted octanol–water partition coefficient (Wildman–Crippen LogP) is 12.3. The molecular formula is C47H56B2F4O5Si. The summed E-state index contributed by atoms with van der Waals surface area (Å²) < 4.78 is 94.9. The second kappa shape index (κ2) is 16.9. The van der Waals surface area contributed by atoms with Crippen molar-refractivity contribution in [3.05, 3.63) is 167 Å². The van der Waals surface area contributed by atoms with Crippen LogP contribution in [-0.2, 0) is 34.2 Å². The van der Waals surface area contributed by atoms with Gasteiger partial charge in [0.05, 0.1) is 17.3 Å². The van der Waals surface area contributed by atoms with Crippen molar-refractivity contribution in [2.75, 3.05) is 0 Å². The fourth-order valence-corrected chi connectivity index (χ4v) is 14.9. The van der Waals surface area contributed by atoms with Crippen LogP contribution in [0.15, 0.2) is 122 Å². The zero-order valence-electron chi connectivity index (χ0n) is 35.8. The highest BCUT2D eigenvalue weighted by molar-refractivity contribution is 6.77. The standard InChI is InChI=1S/C47H56B2F4O5Si/c1-12-43(54-59(31(2)3,32(4)5)33(6)7)42(29-30-48-55-44(8,9)45(10,11)56-48)49-57-46(34-13-21-38(50)22-14-34,35-15-23-39(51)24-16-35)47(58-49,36-17-25-40(52)26-18-36)37-19-27-41(53)28-20-37/h12-33,42-43H,1H2,2-11H3/b30-29+/t42-,43+/m1/s1. The molecule has 2 aliphatic rings. The summed E-state index contributed by atoms with van der Waals surface area (Å²) in [7, 11) is -4.57. The minimum Gasteiger partial charge on any atom is -0.410 e. The fourth-order valence-electron chi connectivity index (χ4n) is 9.32. The first-order valence-electron chi connectivity index (χ1n) is 20.5. The minimum atomic E-state index is -2.63. The average molecular weight is 827 g/mol. The van der Waals surface area contributed by atoms with E-state index in [0.29, 0.717) is 22.3 Å². The van der Waals surface area contributed by atoms with Crippen LogP contribution in [0.1, 0.15) is 91.5 Å². The van der Waals surface area contributed by atoms with E-state index in [9.17, 15) is 17.6 Å². The highest BCUT2D eigenvalue weighted by atomic mass is 28.4. The van der Waals surface area contributed by atoms with E-state index in [0.717, 1.165) is 0 Å². The van der Waals surface area contributed by atoms with Gasteiger partial charge in [-0.1, -0.05) is 108 Å². The monoisotopic (exact) mass is 826 g/mol. The number of hydrogen-bond acceptors (Lipinski definition) is 5. The summed E-state index contributed by atoms with van der Waals surface area (Å²) in [5, 5.41) is 0. The van der Waals surface area contributed by atoms with Crippen molar-refractivity contribution in [3.63, 3.8) is 0 Å². The van der Waals surface area contributed by atoms with Crippen LogP contribution in [0.25, 0.3) is 0 Å². The van der Waals surface area contributed by atoms with Crippen molar-refractivity contribution in [1.29, 1.82) is 0 Å². The number of hydrogen-bond donors (Lipinski definition) is 0. The molecule has 0 aliphatic carbocycles. The summed E-state index contributed by atoms with van der Waals surface area (Å²) >= 11 is 0. The second-order valence-corrected chi connectivity index (χ2v) is 23.1. The quantitative estimate of drug-likeness (QED) is 0.0720. The third-order valence-corrected chi connectivity index (χ3v) is 18.9. The summed E-state index contributed by atoms with van der Waals surface area (Å²) in [5.74, 6) is -0.884. The highest BCUT2D eigenvalue weighted by Crippen LogP contribution is 2.61. The number of benzene rings is 4. The molecule has 5 nitrogen and oxygen atoms in total.